The topological polar surface area (TPSA) is 26.3 Å². The molecule has 1 aliphatic rings. The molecule has 2 nitrogen and oxygen atoms in total. The first-order chi connectivity index (χ1) is 9.72. The molecule has 0 amide bonds. The highest BCUT2D eigenvalue weighted by molar-refractivity contribution is 7.82. The van der Waals surface area contributed by atoms with E-state index < -0.39 is 0 Å². The third-order valence-electron chi connectivity index (χ3n) is 3.68. The zero-order valence-corrected chi connectivity index (χ0v) is 12.3. The predicted molar refractivity (Wildman–Crippen MR) is 84.8 cm³/mol. The number of hydrogen-bond acceptors (Lipinski definition) is 3. The monoisotopic (exact) mass is 284 g/mol. The lowest BCUT2D eigenvalue weighted by Gasteiger charge is -2.20. The zero-order chi connectivity index (χ0) is 14.1. The molecule has 2 aromatic rings. The molecular weight excluding hydrogens is 268 g/mol. The number of carbonyl (C=O) groups is 1. The molecular formula is C17H16O2S. The fourth-order valence-electron chi connectivity index (χ4n) is 2.65. The van der Waals surface area contributed by atoms with Gasteiger partial charge in [0.15, 0.2) is 5.78 Å². The largest absolute Gasteiger partial charge is 0.493 e. The first-order valence-electron chi connectivity index (χ1n) is 6.97. The third kappa shape index (κ3) is 2.12. The number of benzene rings is 2. The molecule has 0 saturated carbocycles. The van der Waals surface area contributed by atoms with Crippen molar-refractivity contribution in [2.24, 2.45) is 0 Å². The van der Waals surface area contributed by atoms with E-state index in [1.807, 2.05) is 24.3 Å². The van der Waals surface area contributed by atoms with Crippen molar-refractivity contribution >= 4 is 33.6 Å². The van der Waals surface area contributed by atoms with Crippen molar-refractivity contribution in [1.29, 1.82) is 0 Å². The minimum Gasteiger partial charge on any atom is -0.493 e. The van der Waals surface area contributed by atoms with Gasteiger partial charge in [0.2, 0.25) is 0 Å². The van der Waals surface area contributed by atoms with E-state index in [1.54, 1.807) is 0 Å². The lowest BCUT2D eigenvalue weighted by atomic mass is 9.87. The Hall–Kier alpha value is -1.74. The summed E-state index contributed by atoms with van der Waals surface area (Å²) in [6, 6.07) is 10.0. The van der Waals surface area contributed by atoms with Gasteiger partial charge in [-0.1, -0.05) is 49.8 Å². The van der Waals surface area contributed by atoms with Crippen molar-refractivity contribution in [1.82, 2.24) is 0 Å². The van der Waals surface area contributed by atoms with Gasteiger partial charge in [-0.15, -0.1) is 0 Å². The van der Waals surface area contributed by atoms with Crippen LogP contribution in [0.5, 0.6) is 5.75 Å². The van der Waals surface area contributed by atoms with Crippen LogP contribution in [0, 0.1) is 0 Å². The highest BCUT2D eigenvalue weighted by Gasteiger charge is 2.26. The average molecular weight is 284 g/mol. The van der Waals surface area contributed by atoms with E-state index in [-0.39, 0.29) is 5.78 Å². The van der Waals surface area contributed by atoms with Gasteiger partial charge < -0.3 is 4.74 Å². The highest BCUT2D eigenvalue weighted by Crippen LogP contribution is 2.35. The second-order valence-corrected chi connectivity index (χ2v) is 5.49. The first kappa shape index (κ1) is 13.3. The van der Waals surface area contributed by atoms with Crippen molar-refractivity contribution in [3.05, 3.63) is 41.5 Å². The summed E-state index contributed by atoms with van der Waals surface area (Å²) in [6.45, 7) is 2.79. The smallest absolute Gasteiger partial charge is 0.178 e. The second-order valence-electron chi connectivity index (χ2n) is 5.09. The number of thiocarbonyl (C=S) groups is 1. The number of unbranched alkanes of at least 4 members (excludes halogenated alkanes) is 1. The number of rotatable bonds is 4. The van der Waals surface area contributed by atoms with Crippen LogP contribution in [-0.2, 0) is 11.2 Å². The van der Waals surface area contributed by atoms with Crippen LogP contribution in [0.4, 0.5) is 0 Å². The van der Waals surface area contributed by atoms with E-state index in [0.717, 1.165) is 40.5 Å². The Morgan fingerprint density at radius 3 is 2.90 bits per heavy atom. The molecule has 2 aromatic carbocycles. The van der Waals surface area contributed by atoms with E-state index in [2.05, 4.69) is 13.0 Å². The van der Waals surface area contributed by atoms with Gasteiger partial charge in [-0.25, -0.2) is 0 Å². The summed E-state index contributed by atoms with van der Waals surface area (Å²) in [5.74, 6) is 0.767. The summed E-state index contributed by atoms with van der Waals surface area (Å²) in [7, 11) is 0. The van der Waals surface area contributed by atoms with Crippen molar-refractivity contribution in [2.75, 3.05) is 6.61 Å². The van der Waals surface area contributed by atoms with Crippen LogP contribution >= 0.6 is 12.2 Å². The Kier molecular flexibility index (Phi) is 3.53. The quantitative estimate of drug-likeness (QED) is 0.630. The van der Waals surface area contributed by atoms with Gasteiger partial charge in [-0.3, -0.25) is 4.79 Å². The van der Waals surface area contributed by atoms with Crippen LogP contribution in [0.25, 0.3) is 10.8 Å². The van der Waals surface area contributed by atoms with E-state index in [0.29, 0.717) is 17.9 Å². The van der Waals surface area contributed by atoms with Gasteiger partial charge in [0.05, 0.1) is 11.5 Å². The van der Waals surface area contributed by atoms with Gasteiger partial charge >= 0.3 is 0 Å². The number of ketones is 1. The molecule has 0 heterocycles. The lowest BCUT2D eigenvalue weighted by molar-refractivity contribution is -0.112. The Morgan fingerprint density at radius 1 is 1.25 bits per heavy atom. The molecule has 3 rings (SSSR count). The lowest BCUT2D eigenvalue weighted by Crippen LogP contribution is -2.22. The molecule has 0 spiro atoms. The molecule has 0 fully saturated rings. The van der Waals surface area contributed by atoms with Crippen LogP contribution in [0.3, 0.4) is 0 Å². The molecule has 0 radical (unpaired) electrons. The van der Waals surface area contributed by atoms with Gasteiger partial charge in [0, 0.05) is 12.0 Å². The van der Waals surface area contributed by atoms with Crippen LogP contribution in [0.15, 0.2) is 30.3 Å². The molecule has 0 bridgehead atoms. The fourth-order valence-corrected chi connectivity index (χ4v) is 2.92. The molecule has 102 valence electrons. The molecule has 0 saturated heterocycles. The number of Topliss-reactive ketones (excluding diaryl/α,β-unsaturated/α-hetero) is 1. The zero-order valence-electron chi connectivity index (χ0n) is 11.4. The molecule has 0 unspecified atom stereocenters. The minimum absolute atomic E-state index is 0.0199. The highest BCUT2D eigenvalue weighted by atomic mass is 32.1. The van der Waals surface area contributed by atoms with E-state index in [1.165, 1.54) is 0 Å². The molecule has 0 atom stereocenters. The molecule has 1 aliphatic carbocycles. The molecule has 0 aromatic heterocycles. The average Bonchev–Trinajstić information content (AvgIpc) is 2.46. The Bertz CT molecular complexity index is 703. The van der Waals surface area contributed by atoms with Crippen molar-refractivity contribution in [3.8, 4) is 5.75 Å². The summed E-state index contributed by atoms with van der Waals surface area (Å²) in [6.07, 6.45) is 2.49. The van der Waals surface area contributed by atoms with Crippen molar-refractivity contribution in [2.45, 2.75) is 26.2 Å². The van der Waals surface area contributed by atoms with Crippen LogP contribution in [0.2, 0.25) is 0 Å². The van der Waals surface area contributed by atoms with E-state index in [4.69, 9.17) is 17.0 Å². The van der Waals surface area contributed by atoms with Gasteiger partial charge in [-0.2, -0.15) is 0 Å². The minimum atomic E-state index is 0.0199. The normalized spacial score (nSPS) is 13.8. The van der Waals surface area contributed by atoms with Gasteiger partial charge in [0.25, 0.3) is 0 Å². The maximum Gasteiger partial charge on any atom is 0.178 e. The first-order valence-corrected chi connectivity index (χ1v) is 7.38. The molecule has 0 N–H and O–H groups in total. The maximum absolute atomic E-state index is 12.1. The molecule has 0 aliphatic heterocycles. The fraction of sp³-hybridized carbons (Fsp3) is 0.294. The Labute approximate surface area is 123 Å². The van der Waals surface area contributed by atoms with Crippen LogP contribution in [0.1, 0.15) is 30.9 Å². The maximum atomic E-state index is 12.1. The standard InChI is InChI=1S/C17H16O2S/c1-2-3-9-19-14-8-7-11-5-4-6-12-10-13(18)17(20)16(14)15(11)12/h4-8H,2-3,9-10H2,1H3. The SMILES string of the molecule is CCCCOc1ccc2cccc3c2c1C(=S)C(=O)C3. The van der Waals surface area contributed by atoms with Crippen molar-refractivity contribution in [3.63, 3.8) is 0 Å². The Morgan fingerprint density at radius 2 is 2.10 bits per heavy atom. The molecule has 3 heteroatoms. The molecule has 20 heavy (non-hydrogen) atoms. The summed E-state index contributed by atoms with van der Waals surface area (Å²) >= 11 is 5.35. The second kappa shape index (κ2) is 5.33. The predicted octanol–water partition coefficient (Wildman–Crippen LogP) is 3.86. The Balaban J connectivity index is 2.17. The summed E-state index contributed by atoms with van der Waals surface area (Å²) in [5.41, 5.74) is 1.87. The third-order valence-corrected chi connectivity index (χ3v) is 4.11. The summed E-state index contributed by atoms with van der Waals surface area (Å²) in [4.78, 5) is 12.5. The number of carbonyl (C=O) groups excluding carboxylic acids is 1. The number of hydrogen-bond donors (Lipinski definition) is 0. The van der Waals surface area contributed by atoms with Gasteiger partial charge in [-0.05, 0) is 28.8 Å². The van der Waals surface area contributed by atoms with E-state index >= 15 is 0 Å². The number of ether oxygens (including phenoxy) is 1. The van der Waals surface area contributed by atoms with Crippen LogP contribution < -0.4 is 4.74 Å². The van der Waals surface area contributed by atoms with E-state index in [9.17, 15) is 4.79 Å². The van der Waals surface area contributed by atoms with Crippen molar-refractivity contribution < 1.29 is 9.53 Å². The van der Waals surface area contributed by atoms with Gasteiger partial charge in [0.1, 0.15) is 5.75 Å². The summed E-state index contributed by atoms with van der Waals surface area (Å²) in [5, 5.41) is 2.21. The van der Waals surface area contributed by atoms with Crippen LogP contribution in [-0.4, -0.2) is 17.3 Å². The summed E-state index contributed by atoms with van der Waals surface area (Å²) < 4.78 is 5.84.